The van der Waals surface area contributed by atoms with Crippen molar-refractivity contribution in [3.63, 3.8) is 0 Å². The minimum atomic E-state index is 0.191. The molecule has 0 spiro atoms. The number of ether oxygens (including phenoxy) is 2. The van der Waals surface area contributed by atoms with Gasteiger partial charge in [-0.05, 0) is 53.5 Å². The summed E-state index contributed by atoms with van der Waals surface area (Å²) in [6.45, 7) is 2.05. The average Bonchev–Trinajstić information content (AvgIpc) is 2.47. The van der Waals surface area contributed by atoms with Crippen molar-refractivity contribution in [2.45, 2.75) is 18.8 Å². The van der Waals surface area contributed by atoms with Crippen molar-refractivity contribution in [3.8, 4) is 11.5 Å². The number of halogens is 1. The molecule has 1 aromatic carbocycles. The summed E-state index contributed by atoms with van der Waals surface area (Å²) in [4.78, 5) is 14.9. The van der Waals surface area contributed by atoms with Gasteiger partial charge in [-0.25, -0.2) is 0 Å². The molecule has 1 aliphatic heterocycles. The summed E-state index contributed by atoms with van der Waals surface area (Å²) < 4.78 is 11.7. The highest BCUT2D eigenvalue weighted by atomic mass is 79.9. The van der Waals surface area contributed by atoms with Gasteiger partial charge in [0.25, 0.3) is 0 Å². The maximum absolute atomic E-state index is 12.6. The van der Waals surface area contributed by atoms with Crippen molar-refractivity contribution in [2.24, 2.45) is 5.92 Å². The maximum atomic E-state index is 12.6. The van der Waals surface area contributed by atoms with E-state index < -0.39 is 0 Å². The Morgan fingerprint density at radius 2 is 2.10 bits per heavy atom. The van der Waals surface area contributed by atoms with Gasteiger partial charge < -0.3 is 14.4 Å². The lowest BCUT2D eigenvalue weighted by molar-refractivity contribution is 0.0882. The molecule has 21 heavy (non-hydrogen) atoms. The monoisotopic (exact) mass is 353 g/mol. The van der Waals surface area contributed by atoms with E-state index in [0.29, 0.717) is 24.0 Å². The largest absolute Gasteiger partial charge is 0.495 e. The van der Waals surface area contributed by atoms with E-state index in [4.69, 9.17) is 9.47 Å². The minimum Gasteiger partial charge on any atom is -0.495 e. The van der Waals surface area contributed by atoms with Crippen LogP contribution >= 0.6 is 15.9 Å². The van der Waals surface area contributed by atoms with Crippen molar-refractivity contribution in [1.82, 2.24) is 4.90 Å². The van der Waals surface area contributed by atoms with Crippen molar-refractivity contribution < 1.29 is 14.3 Å². The van der Waals surface area contributed by atoms with Crippen LogP contribution in [0.1, 0.15) is 34.7 Å². The Morgan fingerprint density at radius 3 is 2.76 bits per heavy atom. The second-order valence-electron chi connectivity index (χ2n) is 5.94. The van der Waals surface area contributed by atoms with E-state index in [1.54, 1.807) is 14.2 Å². The number of methoxy groups -OCH3 is 2. The van der Waals surface area contributed by atoms with E-state index in [1.807, 2.05) is 6.07 Å². The molecule has 3 rings (SSSR count). The summed E-state index contributed by atoms with van der Waals surface area (Å²) in [5, 5.41) is 0. The van der Waals surface area contributed by atoms with E-state index in [9.17, 15) is 4.79 Å². The molecule has 5 heteroatoms. The number of hydrogen-bond acceptors (Lipinski definition) is 4. The molecule has 0 saturated carbocycles. The zero-order valence-corrected chi connectivity index (χ0v) is 14.2. The SMILES string of the molecule is COc1cc2c(c(OC)c1Br)C(=O)C[C@H]1CCN(C)C[C@H]21. The second-order valence-corrected chi connectivity index (χ2v) is 6.73. The molecular weight excluding hydrogens is 334 g/mol. The fourth-order valence-corrected chi connectivity index (χ4v) is 4.29. The van der Waals surface area contributed by atoms with Gasteiger partial charge in [-0.3, -0.25) is 4.79 Å². The third-order valence-electron chi connectivity index (χ3n) is 4.73. The lowest BCUT2D eigenvalue weighted by Gasteiger charge is -2.41. The second kappa shape index (κ2) is 5.61. The Bertz CT molecular complexity index is 587. The molecule has 1 heterocycles. The normalized spacial score (nSPS) is 25.2. The number of carbonyl (C=O) groups is 1. The van der Waals surface area contributed by atoms with Crippen LogP contribution in [-0.4, -0.2) is 45.0 Å². The first-order valence-electron chi connectivity index (χ1n) is 7.23. The van der Waals surface area contributed by atoms with E-state index in [1.165, 1.54) is 0 Å². The van der Waals surface area contributed by atoms with Crippen LogP contribution in [0.3, 0.4) is 0 Å². The summed E-state index contributed by atoms with van der Waals surface area (Å²) in [6.07, 6.45) is 1.70. The topological polar surface area (TPSA) is 38.8 Å². The fraction of sp³-hybridized carbons (Fsp3) is 0.562. The quantitative estimate of drug-likeness (QED) is 0.818. The average molecular weight is 354 g/mol. The number of rotatable bonds is 2. The lowest BCUT2D eigenvalue weighted by atomic mass is 9.71. The van der Waals surface area contributed by atoms with Crippen LogP contribution in [0.5, 0.6) is 11.5 Å². The Balaban J connectivity index is 2.18. The third-order valence-corrected chi connectivity index (χ3v) is 5.48. The number of Topliss-reactive ketones (excluding diaryl/α,β-unsaturated/α-hetero) is 1. The smallest absolute Gasteiger partial charge is 0.167 e. The van der Waals surface area contributed by atoms with Gasteiger partial charge in [0.15, 0.2) is 5.78 Å². The number of carbonyl (C=O) groups excluding carboxylic acids is 1. The number of likely N-dealkylation sites (tertiary alicyclic amines) is 1. The van der Waals surface area contributed by atoms with Crippen LogP contribution in [-0.2, 0) is 0 Å². The Hall–Kier alpha value is -1.07. The summed E-state index contributed by atoms with van der Waals surface area (Å²) in [5.41, 5.74) is 1.82. The Morgan fingerprint density at radius 1 is 1.33 bits per heavy atom. The summed E-state index contributed by atoms with van der Waals surface area (Å²) in [5.74, 6) is 2.36. The van der Waals surface area contributed by atoms with E-state index in [0.717, 1.165) is 40.9 Å². The number of benzene rings is 1. The van der Waals surface area contributed by atoms with Crippen molar-refractivity contribution >= 4 is 21.7 Å². The summed E-state index contributed by atoms with van der Waals surface area (Å²) >= 11 is 3.50. The molecule has 0 aromatic heterocycles. The molecule has 4 nitrogen and oxygen atoms in total. The van der Waals surface area contributed by atoms with Gasteiger partial charge in [0.1, 0.15) is 16.0 Å². The zero-order chi connectivity index (χ0) is 15.1. The number of hydrogen-bond donors (Lipinski definition) is 0. The highest BCUT2D eigenvalue weighted by Crippen LogP contribution is 2.49. The summed E-state index contributed by atoms with van der Waals surface area (Å²) in [7, 11) is 5.38. The first kappa shape index (κ1) is 14.9. The predicted molar refractivity (Wildman–Crippen MR) is 84.5 cm³/mol. The molecule has 0 radical (unpaired) electrons. The van der Waals surface area contributed by atoms with E-state index in [-0.39, 0.29) is 5.78 Å². The Labute approximate surface area is 133 Å². The van der Waals surface area contributed by atoms with Crippen molar-refractivity contribution in [3.05, 3.63) is 21.7 Å². The number of ketones is 1. The first-order valence-corrected chi connectivity index (χ1v) is 8.02. The van der Waals surface area contributed by atoms with Gasteiger partial charge in [0.2, 0.25) is 0 Å². The molecule has 1 aliphatic carbocycles. The first-order chi connectivity index (χ1) is 10.1. The molecule has 0 amide bonds. The maximum Gasteiger partial charge on any atom is 0.167 e. The number of piperidine rings is 1. The van der Waals surface area contributed by atoms with Crippen LogP contribution in [0.4, 0.5) is 0 Å². The molecule has 114 valence electrons. The van der Waals surface area contributed by atoms with Gasteiger partial charge >= 0.3 is 0 Å². The standard InChI is InChI=1S/C16H20BrNO3/c1-18-5-4-9-6-12(19)14-10(11(9)8-18)7-13(20-2)15(17)16(14)21-3/h7,9,11H,4-6,8H2,1-3H3/t9-,11+/m1/s1. The number of nitrogens with zero attached hydrogens (tertiary/aromatic N) is 1. The molecule has 1 saturated heterocycles. The van der Waals surface area contributed by atoms with Crippen LogP contribution in [0.15, 0.2) is 10.5 Å². The van der Waals surface area contributed by atoms with Crippen LogP contribution in [0.2, 0.25) is 0 Å². The van der Waals surface area contributed by atoms with Crippen LogP contribution in [0.25, 0.3) is 0 Å². The third kappa shape index (κ3) is 2.36. The molecule has 1 fully saturated rings. The van der Waals surface area contributed by atoms with E-state index in [2.05, 4.69) is 27.9 Å². The van der Waals surface area contributed by atoms with Gasteiger partial charge in [0, 0.05) is 18.9 Å². The zero-order valence-electron chi connectivity index (χ0n) is 12.6. The van der Waals surface area contributed by atoms with Crippen LogP contribution in [0, 0.1) is 5.92 Å². The van der Waals surface area contributed by atoms with Crippen molar-refractivity contribution in [2.75, 3.05) is 34.4 Å². The molecule has 2 atom stereocenters. The number of likely N-dealkylation sites (N-methyl/N-ethyl adjacent to an activating group) is 1. The van der Waals surface area contributed by atoms with Crippen molar-refractivity contribution in [1.29, 1.82) is 0 Å². The molecule has 0 unspecified atom stereocenters. The van der Waals surface area contributed by atoms with Crippen LogP contribution < -0.4 is 9.47 Å². The lowest BCUT2D eigenvalue weighted by Crippen LogP contribution is -2.40. The predicted octanol–water partition coefficient (Wildman–Crippen LogP) is 3.09. The molecule has 1 aromatic rings. The summed E-state index contributed by atoms with van der Waals surface area (Å²) in [6, 6.07) is 2.01. The van der Waals surface area contributed by atoms with Gasteiger partial charge in [0.05, 0.1) is 19.8 Å². The fourth-order valence-electron chi connectivity index (χ4n) is 3.65. The van der Waals surface area contributed by atoms with Gasteiger partial charge in [-0.1, -0.05) is 0 Å². The highest BCUT2D eigenvalue weighted by molar-refractivity contribution is 9.10. The Kier molecular flexibility index (Phi) is 3.97. The molecule has 0 bridgehead atoms. The number of fused-ring (bicyclic) bond motifs is 3. The molecular formula is C16H20BrNO3. The molecule has 0 N–H and O–H groups in total. The molecule has 2 aliphatic rings. The minimum absolute atomic E-state index is 0.191. The van der Waals surface area contributed by atoms with Gasteiger partial charge in [-0.15, -0.1) is 0 Å². The highest BCUT2D eigenvalue weighted by Gasteiger charge is 2.40. The van der Waals surface area contributed by atoms with Gasteiger partial charge in [-0.2, -0.15) is 0 Å². The van der Waals surface area contributed by atoms with E-state index >= 15 is 0 Å².